The van der Waals surface area contributed by atoms with Gasteiger partial charge in [0.2, 0.25) is 11.8 Å². The van der Waals surface area contributed by atoms with Crippen LogP contribution in [0.5, 0.6) is 0 Å². The maximum absolute atomic E-state index is 12.6. The predicted molar refractivity (Wildman–Crippen MR) is 171 cm³/mol. The van der Waals surface area contributed by atoms with E-state index in [0.29, 0.717) is 12.3 Å². The number of nitrogens with one attached hydrogen (secondary N) is 3. The van der Waals surface area contributed by atoms with Gasteiger partial charge in [-0.25, -0.2) is 28.6 Å². The van der Waals surface area contributed by atoms with Gasteiger partial charge in [-0.05, 0) is 0 Å². The minimum Gasteiger partial charge on any atom is -0.386 e. The number of aliphatic hydroxyl groups is 2. The van der Waals surface area contributed by atoms with Crippen molar-refractivity contribution < 1.29 is 75.7 Å². The van der Waals surface area contributed by atoms with Gasteiger partial charge in [0.1, 0.15) is 36.3 Å². The lowest BCUT2D eigenvalue weighted by molar-refractivity contribution is -0.137. The molecule has 0 aromatic carbocycles. The first kappa shape index (κ1) is 42.0. The average Bonchev–Trinajstić information content (AvgIpc) is 3.57. The maximum atomic E-state index is 12.6. The smallest absolute Gasteiger partial charge is 0.386 e. The molecule has 1 aliphatic heterocycles. The number of nitrogen functional groups attached to an aromatic ring is 1. The van der Waals surface area contributed by atoms with Crippen molar-refractivity contribution in [3.05, 3.63) is 12.7 Å². The number of nitrogens with two attached hydrogens (primary N) is 1. The van der Waals surface area contributed by atoms with E-state index in [1.54, 1.807) is 0 Å². The molecule has 2 unspecified atom stereocenters. The second-order valence-electron chi connectivity index (χ2n) is 11.1. The van der Waals surface area contributed by atoms with Gasteiger partial charge in [0, 0.05) is 30.7 Å². The normalized spacial score (nSPS) is 22.8. The first-order valence-electron chi connectivity index (χ1n) is 14.2. The summed E-state index contributed by atoms with van der Waals surface area (Å²) in [4.78, 5) is 74.9. The van der Waals surface area contributed by atoms with E-state index in [0.717, 1.165) is 22.8 Å². The first-order valence-corrected chi connectivity index (χ1v) is 19.7. The third-order valence-corrected chi connectivity index (χ3v) is 10.4. The molecule has 3 rings (SSSR count). The number of imidazole rings is 1. The first-order chi connectivity index (χ1) is 23.2. The lowest BCUT2D eigenvalue weighted by atomic mass is 9.87. The van der Waals surface area contributed by atoms with Gasteiger partial charge in [-0.1, -0.05) is 13.8 Å². The van der Waals surface area contributed by atoms with E-state index in [1.165, 1.54) is 25.6 Å². The molecule has 24 nitrogen and oxygen atoms in total. The van der Waals surface area contributed by atoms with Crippen LogP contribution >= 0.6 is 35.2 Å². The Hall–Kier alpha value is -2.44. The predicted octanol–water partition coefficient (Wildman–Crippen LogP) is -1.25. The summed E-state index contributed by atoms with van der Waals surface area (Å²) >= 11 is 1.18. The molecule has 1 fully saturated rings. The molecule has 0 radical (unpaired) electrons. The second-order valence-corrected chi connectivity index (χ2v) is 16.3. The Kier molecular flexibility index (Phi) is 14.6. The van der Waals surface area contributed by atoms with Gasteiger partial charge >= 0.3 is 23.5 Å². The van der Waals surface area contributed by atoms with E-state index in [2.05, 4.69) is 34.4 Å². The summed E-state index contributed by atoms with van der Waals surface area (Å²) in [6.07, 6.45) is -6.81. The zero-order valence-electron chi connectivity index (χ0n) is 26.2. The Balaban J connectivity index is 1.57. The highest BCUT2D eigenvalue weighted by Gasteiger charge is 2.50. The van der Waals surface area contributed by atoms with Crippen molar-refractivity contribution in [2.75, 3.05) is 37.8 Å². The maximum Gasteiger partial charge on any atom is 0.481 e. The van der Waals surface area contributed by atoms with E-state index in [9.17, 15) is 53.1 Å². The van der Waals surface area contributed by atoms with Crippen LogP contribution in [0.15, 0.2) is 12.7 Å². The Morgan fingerprint density at radius 2 is 1.82 bits per heavy atom. The third-order valence-electron chi connectivity index (χ3n) is 6.70. The molecule has 11 N–H and O–H groups in total. The minimum atomic E-state index is -5.55. The number of hydrogen-bond donors (Lipinski definition) is 10. The zero-order valence-corrected chi connectivity index (χ0v) is 29.7. The third kappa shape index (κ3) is 12.1. The number of phosphoric acid groups is 3. The summed E-state index contributed by atoms with van der Waals surface area (Å²) in [6.45, 7) is 0.655. The number of amides is 2. The van der Waals surface area contributed by atoms with E-state index in [4.69, 9.17) is 24.9 Å². The van der Waals surface area contributed by atoms with Gasteiger partial charge in [0.05, 0.1) is 25.1 Å². The summed E-state index contributed by atoms with van der Waals surface area (Å²) in [7, 11) is -16.3. The summed E-state index contributed by atoms with van der Waals surface area (Å²) in [5.74, 6) is -0.909. The molecule has 3 heterocycles. The molecular formula is C22H37N8O16P3S. The number of rotatable bonds is 20. The number of thioether (sulfide) groups is 1. The number of fused-ring (bicyclic) bond motifs is 1. The molecule has 0 spiro atoms. The molecule has 7 atom stereocenters. The highest BCUT2D eigenvalue weighted by molar-refractivity contribution is 8.11. The Morgan fingerprint density at radius 3 is 2.48 bits per heavy atom. The van der Waals surface area contributed by atoms with Crippen LogP contribution < -0.4 is 16.4 Å². The Labute approximate surface area is 287 Å². The molecular weight excluding hydrogens is 757 g/mol. The van der Waals surface area contributed by atoms with Crippen molar-refractivity contribution >= 4 is 69.6 Å². The van der Waals surface area contributed by atoms with Crippen molar-refractivity contribution in [2.45, 2.75) is 50.9 Å². The lowest BCUT2D eigenvalue weighted by Gasteiger charge is -2.30. The van der Waals surface area contributed by atoms with Gasteiger partial charge in [-0.2, -0.15) is 4.31 Å². The molecule has 50 heavy (non-hydrogen) atoms. The number of hydrogen-bond acceptors (Lipinski definition) is 18. The van der Waals surface area contributed by atoms with Crippen molar-refractivity contribution in [1.82, 2.24) is 30.2 Å². The summed E-state index contributed by atoms with van der Waals surface area (Å²) < 4.78 is 61.8. The molecule has 2 aromatic rings. The summed E-state index contributed by atoms with van der Waals surface area (Å²) in [5.41, 5.74) is 5.40. The van der Waals surface area contributed by atoms with Crippen LogP contribution in [0.4, 0.5) is 5.82 Å². The quantitative estimate of drug-likeness (QED) is 0.0324. The fraction of sp³-hybridized carbons (Fsp3) is 0.636. The standard InChI is InChI=1S/C22H37N8O16P3S/c1-22(2,17(33)20(34)26-4-3-13(31)25-5-6-50-9-23)8-43-49(40,41)46-48(38,39)42-7-12-16(45-47(35,36)37)15(32)21(44-12)30-11-29-14-18(24)27-10-28-19(14)30/h9-12,15-17,21,23,32-33H,3-8H2,1-2H3,(H,25,31)(H,26,34)(H,38,39)(H,40,41)(H2,24,27,28)(H2,35,36,37)/t12-,15-,16-,17+,21-/m1/s1. The van der Waals surface area contributed by atoms with Crippen molar-refractivity contribution in [2.24, 2.45) is 5.41 Å². The minimum absolute atomic E-state index is 0.0341. The van der Waals surface area contributed by atoms with Crippen LogP contribution in [0.3, 0.4) is 0 Å². The monoisotopic (exact) mass is 794 g/mol. The molecule has 1 saturated heterocycles. The largest absolute Gasteiger partial charge is 0.481 e. The molecule has 0 saturated carbocycles. The van der Waals surface area contributed by atoms with E-state index in [1.807, 2.05) is 0 Å². The SMILES string of the molecule is CC(C)(COP(=O)(O)OP(=O)(O)OC[C@H]1O[C@@H](n2cnc3c(N)ncnc32)[C@H](O)[C@@H]1OP(=O)(O)O)[C@@H](O)C(=O)NCCC(=O)NCCSC=N. The molecule has 0 aliphatic carbocycles. The van der Waals surface area contributed by atoms with Gasteiger partial charge in [0.25, 0.3) is 0 Å². The van der Waals surface area contributed by atoms with Gasteiger partial charge < -0.3 is 56.3 Å². The molecule has 28 heteroatoms. The van der Waals surface area contributed by atoms with Crippen LogP contribution in [0.25, 0.3) is 11.2 Å². The number of anilines is 1. The number of ether oxygens (including phenoxy) is 1. The van der Waals surface area contributed by atoms with E-state index in [-0.39, 0.29) is 29.9 Å². The van der Waals surface area contributed by atoms with Crippen molar-refractivity contribution in [3.63, 3.8) is 0 Å². The van der Waals surface area contributed by atoms with Crippen LogP contribution in [-0.4, -0.2) is 123 Å². The van der Waals surface area contributed by atoms with Gasteiger partial charge in [-0.3, -0.25) is 27.7 Å². The number of carbonyl (C=O) groups excluding carboxylic acids is 2. The molecule has 1 aliphatic rings. The second kappa shape index (κ2) is 17.4. The number of phosphoric ester groups is 3. The molecule has 0 bridgehead atoms. The molecule has 282 valence electrons. The van der Waals surface area contributed by atoms with Crippen LogP contribution in [-0.2, 0) is 45.9 Å². The number of aromatic nitrogens is 4. The van der Waals surface area contributed by atoms with E-state index >= 15 is 0 Å². The number of nitrogens with zero attached hydrogens (tertiary/aromatic N) is 4. The number of aliphatic hydroxyl groups excluding tert-OH is 2. The Morgan fingerprint density at radius 1 is 1.14 bits per heavy atom. The lowest BCUT2D eigenvalue weighted by Crippen LogP contribution is -2.46. The highest BCUT2D eigenvalue weighted by atomic mass is 32.2. The van der Waals surface area contributed by atoms with E-state index < -0.39 is 84.6 Å². The highest BCUT2D eigenvalue weighted by Crippen LogP contribution is 2.61. The zero-order chi connectivity index (χ0) is 37.5. The fourth-order valence-electron chi connectivity index (χ4n) is 4.25. The summed E-state index contributed by atoms with van der Waals surface area (Å²) in [5, 5.41) is 33.1. The molecule has 2 amide bonds. The average molecular weight is 795 g/mol. The van der Waals surface area contributed by atoms with Gasteiger partial charge in [-0.15, -0.1) is 11.8 Å². The van der Waals surface area contributed by atoms with Crippen LogP contribution in [0.1, 0.15) is 26.5 Å². The number of carbonyl (C=O) groups is 2. The fourth-order valence-corrected chi connectivity index (χ4v) is 7.41. The Bertz CT molecular complexity index is 1660. The van der Waals surface area contributed by atoms with Crippen molar-refractivity contribution in [3.8, 4) is 0 Å². The topological polar surface area (TPSA) is 370 Å². The van der Waals surface area contributed by atoms with Crippen LogP contribution in [0.2, 0.25) is 0 Å². The summed E-state index contributed by atoms with van der Waals surface area (Å²) in [6, 6.07) is 0. The van der Waals surface area contributed by atoms with Gasteiger partial charge in [0.15, 0.2) is 17.7 Å². The van der Waals surface area contributed by atoms with Crippen molar-refractivity contribution in [1.29, 1.82) is 5.41 Å². The molecule has 2 aromatic heterocycles. The van der Waals surface area contributed by atoms with Crippen LogP contribution in [0, 0.1) is 10.8 Å².